The summed E-state index contributed by atoms with van der Waals surface area (Å²) >= 11 is 0. The Hall–Kier alpha value is -1.36. The van der Waals surface area contributed by atoms with Gasteiger partial charge in [0.1, 0.15) is 6.04 Å². The van der Waals surface area contributed by atoms with E-state index in [2.05, 4.69) is 10.3 Å². The Bertz CT molecular complexity index is 257. The largest absolute Gasteiger partial charge is 0.353 e. The molecule has 0 aromatic carbocycles. The van der Waals surface area contributed by atoms with Crippen LogP contribution in [0.3, 0.4) is 0 Å². The van der Waals surface area contributed by atoms with Crippen LogP contribution in [0.25, 0.3) is 0 Å². The molecule has 0 saturated heterocycles. The van der Waals surface area contributed by atoms with Crippen LogP contribution < -0.4 is 11.1 Å². The Labute approximate surface area is 76.9 Å². The highest BCUT2D eigenvalue weighted by molar-refractivity contribution is 5.79. The van der Waals surface area contributed by atoms with Crippen LogP contribution in [0.2, 0.25) is 0 Å². The molecule has 1 unspecified atom stereocenters. The summed E-state index contributed by atoms with van der Waals surface area (Å²) in [5.74, 6) is -0.0385. The maximum absolute atomic E-state index is 11.4. The molecule has 13 heavy (non-hydrogen) atoms. The fourth-order valence-corrected chi connectivity index (χ4v) is 0.977. The maximum Gasteiger partial charge on any atom is 0.242 e. The number of carbonyl (C=O) groups is 1. The van der Waals surface area contributed by atoms with E-state index in [-0.39, 0.29) is 11.9 Å². The van der Waals surface area contributed by atoms with Gasteiger partial charge in [0.05, 0.1) is 6.33 Å². The van der Waals surface area contributed by atoms with Gasteiger partial charge >= 0.3 is 0 Å². The van der Waals surface area contributed by atoms with Crippen LogP contribution in [0, 0.1) is 0 Å². The average molecular weight is 182 g/mol. The molecule has 5 nitrogen and oxygen atoms in total. The Morgan fingerprint density at radius 3 is 3.08 bits per heavy atom. The first-order valence-corrected chi connectivity index (χ1v) is 4.21. The lowest BCUT2D eigenvalue weighted by Gasteiger charge is -2.12. The molecule has 0 radical (unpaired) electrons. The van der Waals surface area contributed by atoms with Gasteiger partial charge in [-0.05, 0) is 6.92 Å². The normalized spacial score (nSPS) is 12.5. The van der Waals surface area contributed by atoms with Gasteiger partial charge in [-0.25, -0.2) is 4.98 Å². The van der Waals surface area contributed by atoms with Crippen molar-refractivity contribution in [3.8, 4) is 0 Å². The highest BCUT2D eigenvalue weighted by Gasteiger charge is 2.12. The number of hydrogen-bond donors (Lipinski definition) is 2. The van der Waals surface area contributed by atoms with Crippen LogP contribution in [0.5, 0.6) is 0 Å². The van der Waals surface area contributed by atoms with Crippen molar-refractivity contribution in [3.63, 3.8) is 0 Å². The van der Waals surface area contributed by atoms with E-state index < -0.39 is 0 Å². The summed E-state index contributed by atoms with van der Waals surface area (Å²) in [4.78, 5) is 15.2. The van der Waals surface area contributed by atoms with Crippen molar-refractivity contribution in [2.24, 2.45) is 5.73 Å². The number of hydrogen-bond acceptors (Lipinski definition) is 3. The van der Waals surface area contributed by atoms with E-state index in [1.165, 1.54) is 0 Å². The number of amides is 1. The lowest BCUT2D eigenvalue weighted by Crippen LogP contribution is -2.34. The summed E-state index contributed by atoms with van der Waals surface area (Å²) in [5.41, 5.74) is 5.26. The average Bonchev–Trinajstić information content (AvgIpc) is 2.65. The highest BCUT2D eigenvalue weighted by atomic mass is 16.2. The Kier molecular flexibility index (Phi) is 3.45. The summed E-state index contributed by atoms with van der Waals surface area (Å²) in [7, 11) is 0. The van der Waals surface area contributed by atoms with E-state index in [4.69, 9.17) is 5.73 Å². The minimum Gasteiger partial charge on any atom is -0.353 e. The van der Waals surface area contributed by atoms with Gasteiger partial charge in [-0.15, -0.1) is 0 Å². The third-order valence-corrected chi connectivity index (χ3v) is 1.80. The molecule has 0 aliphatic rings. The first-order valence-electron chi connectivity index (χ1n) is 4.21. The van der Waals surface area contributed by atoms with Crippen molar-refractivity contribution in [3.05, 3.63) is 18.7 Å². The number of aromatic nitrogens is 2. The second-order valence-corrected chi connectivity index (χ2v) is 2.77. The van der Waals surface area contributed by atoms with E-state index >= 15 is 0 Å². The Morgan fingerprint density at radius 2 is 2.54 bits per heavy atom. The van der Waals surface area contributed by atoms with Crippen LogP contribution in [0.4, 0.5) is 0 Å². The quantitative estimate of drug-likeness (QED) is 0.660. The van der Waals surface area contributed by atoms with Crippen LogP contribution in [0.15, 0.2) is 18.7 Å². The van der Waals surface area contributed by atoms with Gasteiger partial charge < -0.3 is 15.6 Å². The van der Waals surface area contributed by atoms with Gasteiger partial charge in [0.25, 0.3) is 0 Å². The molecule has 1 aromatic heterocycles. The predicted molar refractivity (Wildman–Crippen MR) is 49.0 cm³/mol. The summed E-state index contributed by atoms with van der Waals surface area (Å²) in [6.07, 6.45) is 5.02. The standard InChI is InChI=1S/C8H14N4O/c1-7(8(13)11-3-2-9)12-5-4-10-6-12/h4-7H,2-3,9H2,1H3,(H,11,13). The Morgan fingerprint density at radius 1 is 1.77 bits per heavy atom. The highest BCUT2D eigenvalue weighted by Crippen LogP contribution is 2.03. The summed E-state index contributed by atoms with van der Waals surface area (Å²) in [5, 5.41) is 2.71. The van der Waals surface area contributed by atoms with Gasteiger partial charge in [-0.1, -0.05) is 0 Å². The molecule has 1 rings (SSSR count). The molecule has 0 saturated carbocycles. The third-order valence-electron chi connectivity index (χ3n) is 1.80. The smallest absolute Gasteiger partial charge is 0.242 e. The molecule has 72 valence electrons. The molecular formula is C8H14N4O. The molecule has 1 aromatic rings. The molecule has 0 spiro atoms. The van der Waals surface area contributed by atoms with Gasteiger partial charge in [0, 0.05) is 25.5 Å². The van der Waals surface area contributed by atoms with Crippen LogP contribution in [-0.2, 0) is 4.79 Å². The number of imidazole rings is 1. The van der Waals surface area contributed by atoms with E-state index in [1.54, 1.807) is 23.3 Å². The summed E-state index contributed by atoms with van der Waals surface area (Å²) in [6, 6.07) is -0.228. The van der Waals surface area contributed by atoms with E-state index in [1.807, 2.05) is 6.92 Å². The van der Waals surface area contributed by atoms with Crippen LogP contribution in [-0.4, -0.2) is 28.5 Å². The number of nitrogens with one attached hydrogen (secondary N) is 1. The zero-order valence-electron chi connectivity index (χ0n) is 7.60. The molecule has 0 aliphatic carbocycles. The minimum absolute atomic E-state index is 0.0385. The van der Waals surface area contributed by atoms with E-state index in [9.17, 15) is 4.79 Å². The van der Waals surface area contributed by atoms with Gasteiger partial charge in [-0.3, -0.25) is 4.79 Å². The monoisotopic (exact) mass is 182 g/mol. The maximum atomic E-state index is 11.4. The van der Waals surface area contributed by atoms with Crippen molar-refractivity contribution in [2.45, 2.75) is 13.0 Å². The molecule has 3 N–H and O–H groups in total. The number of nitrogens with zero attached hydrogens (tertiary/aromatic N) is 2. The third kappa shape index (κ3) is 2.55. The fraction of sp³-hybridized carbons (Fsp3) is 0.500. The SMILES string of the molecule is CC(C(=O)NCCN)n1ccnc1. The molecule has 0 bridgehead atoms. The van der Waals surface area contributed by atoms with Crippen molar-refractivity contribution in [1.82, 2.24) is 14.9 Å². The number of nitrogens with two attached hydrogens (primary N) is 1. The number of carbonyl (C=O) groups excluding carboxylic acids is 1. The van der Waals surface area contributed by atoms with E-state index in [0.717, 1.165) is 0 Å². The molecule has 1 amide bonds. The molecule has 1 heterocycles. The second-order valence-electron chi connectivity index (χ2n) is 2.77. The second kappa shape index (κ2) is 4.61. The topological polar surface area (TPSA) is 72.9 Å². The first-order chi connectivity index (χ1) is 6.25. The van der Waals surface area contributed by atoms with Crippen molar-refractivity contribution < 1.29 is 4.79 Å². The van der Waals surface area contributed by atoms with Gasteiger partial charge in [0.15, 0.2) is 0 Å². The zero-order chi connectivity index (χ0) is 9.68. The lowest BCUT2D eigenvalue weighted by atomic mass is 10.3. The van der Waals surface area contributed by atoms with Gasteiger partial charge in [-0.2, -0.15) is 0 Å². The summed E-state index contributed by atoms with van der Waals surface area (Å²) in [6.45, 7) is 2.79. The molecule has 1 atom stereocenters. The van der Waals surface area contributed by atoms with Crippen molar-refractivity contribution in [2.75, 3.05) is 13.1 Å². The fourth-order valence-electron chi connectivity index (χ4n) is 0.977. The molecular weight excluding hydrogens is 168 g/mol. The van der Waals surface area contributed by atoms with Crippen LogP contribution in [0.1, 0.15) is 13.0 Å². The molecule has 0 fully saturated rings. The van der Waals surface area contributed by atoms with E-state index in [0.29, 0.717) is 13.1 Å². The van der Waals surface area contributed by atoms with Crippen LogP contribution >= 0.6 is 0 Å². The minimum atomic E-state index is -0.228. The first kappa shape index (κ1) is 9.73. The molecule has 0 aliphatic heterocycles. The molecule has 5 heteroatoms. The number of rotatable bonds is 4. The lowest BCUT2D eigenvalue weighted by molar-refractivity contribution is -0.123. The Balaban J connectivity index is 2.48. The van der Waals surface area contributed by atoms with Crippen molar-refractivity contribution >= 4 is 5.91 Å². The van der Waals surface area contributed by atoms with Crippen molar-refractivity contribution in [1.29, 1.82) is 0 Å². The predicted octanol–water partition coefficient (Wildman–Crippen LogP) is -0.481. The summed E-state index contributed by atoms with van der Waals surface area (Å²) < 4.78 is 1.74. The van der Waals surface area contributed by atoms with Gasteiger partial charge in [0.2, 0.25) is 5.91 Å². The zero-order valence-corrected chi connectivity index (χ0v) is 7.60.